The van der Waals surface area contributed by atoms with E-state index in [0.717, 1.165) is 19.4 Å². The molecule has 110 valence electrons. The zero-order chi connectivity index (χ0) is 14.0. The predicted molar refractivity (Wildman–Crippen MR) is 76.3 cm³/mol. The van der Waals surface area contributed by atoms with Gasteiger partial charge >= 0.3 is 0 Å². The maximum absolute atomic E-state index is 12.0. The Balaban J connectivity index is 1.50. The molecule has 0 amide bonds. The normalized spacial score (nSPS) is 19.0. The molecule has 0 heterocycles. The predicted octanol–water partition coefficient (Wildman–Crippen LogP) is 1.26. The van der Waals surface area contributed by atoms with E-state index in [2.05, 4.69) is 10.0 Å². The lowest BCUT2D eigenvalue weighted by molar-refractivity contribution is 0.313. The van der Waals surface area contributed by atoms with E-state index in [4.69, 9.17) is 4.74 Å². The van der Waals surface area contributed by atoms with Crippen molar-refractivity contribution in [3.8, 4) is 5.75 Å². The van der Waals surface area contributed by atoms with Crippen LogP contribution in [0, 0.1) is 0 Å². The van der Waals surface area contributed by atoms with Gasteiger partial charge in [0.05, 0.1) is 4.90 Å². The lowest BCUT2D eigenvalue weighted by Crippen LogP contribution is -2.25. The molecule has 2 saturated carbocycles. The van der Waals surface area contributed by atoms with Crippen LogP contribution in [-0.4, -0.2) is 33.7 Å². The second-order valence-corrected chi connectivity index (χ2v) is 7.16. The first-order chi connectivity index (χ1) is 9.63. The molecule has 0 aromatic heterocycles. The fourth-order valence-electron chi connectivity index (χ4n) is 1.92. The van der Waals surface area contributed by atoms with E-state index < -0.39 is 10.0 Å². The van der Waals surface area contributed by atoms with E-state index >= 15 is 0 Å². The van der Waals surface area contributed by atoms with Gasteiger partial charge in [-0.25, -0.2) is 13.1 Å². The first-order valence-corrected chi connectivity index (χ1v) is 8.60. The SMILES string of the molecule is O=S(=O)(NC1CC1)c1ccc(OCCNC2CC2)cc1. The molecule has 0 saturated heterocycles. The third-order valence-electron chi connectivity index (χ3n) is 3.41. The van der Waals surface area contributed by atoms with Crippen LogP contribution in [0.4, 0.5) is 0 Å². The second kappa shape index (κ2) is 5.71. The van der Waals surface area contributed by atoms with Crippen molar-refractivity contribution < 1.29 is 13.2 Å². The van der Waals surface area contributed by atoms with Crippen LogP contribution in [0.1, 0.15) is 25.7 Å². The van der Waals surface area contributed by atoms with Crippen LogP contribution in [0.5, 0.6) is 5.75 Å². The monoisotopic (exact) mass is 296 g/mol. The van der Waals surface area contributed by atoms with Crippen LogP contribution < -0.4 is 14.8 Å². The largest absolute Gasteiger partial charge is 0.492 e. The fraction of sp³-hybridized carbons (Fsp3) is 0.571. The number of benzene rings is 1. The molecule has 0 atom stereocenters. The number of ether oxygens (including phenoxy) is 1. The molecule has 3 rings (SSSR count). The molecule has 0 radical (unpaired) electrons. The molecular formula is C14H20N2O3S. The topological polar surface area (TPSA) is 67.4 Å². The van der Waals surface area contributed by atoms with Crippen LogP contribution in [0.25, 0.3) is 0 Å². The summed E-state index contributed by atoms with van der Waals surface area (Å²) in [5.41, 5.74) is 0. The Morgan fingerprint density at radius 1 is 1.05 bits per heavy atom. The molecule has 0 bridgehead atoms. The molecule has 2 aliphatic carbocycles. The molecule has 1 aromatic carbocycles. The van der Waals surface area contributed by atoms with Gasteiger partial charge < -0.3 is 10.1 Å². The number of nitrogens with one attached hydrogen (secondary N) is 2. The Hall–Kier alpha value is -1.11. The lowest BCUT2D eigenvalue weighted by Gasteiger charge is -2.09. The van der Waals surface area contributed by atoms with Crippen molar-refractivity contribution in [2.45, 2.75) is 42.7 Å². The second-order valence-electron chi connectivity index (χ2n) is 5.44. The maximum atomic E-state index is 12.0. The summed E-state index contributed by atoms with van der Waals surface area (Å²) in [6, 6.07) is 7.41. The maximum Gasteiger partial charge on any atom is 0.240 e. The van der Waals surface area contributed by atoms with Crippen molar-refractivity contribution >= 4 is 10.0 Å². The Morgan fingerprint density at radius 3 is 2.30 bits per heavy atom. The van der Waals surface area contributed by atoms with Crippen molar-refractivity contribution in [2.24, 2.45) is 0 Å². The summed E-state index contributed by atoms with van der Waals surface area (Å²) in [4.78, 5) is 0.299. The highest BCUT2D eigenvalue weighted by molar-refractivity contribution is 7.89. The van der Waals surface area contributed by atoms with Crippen LogP contribution in [0.3, 0.4) is 0 Å². The molecule has 2 aliphatic rings. The third kappa shape index (κ3) is 3.94. The summed E-state index contributed by atoms with van der Waals surface area (Å²) < 4.78 is 32.2. The van der Waals surface area contributed by atoms with Gasteiger partial charge in [-0.05, 0) is 49.9 Å². The van der Waals surface area contributed by atoms with Crippen molar-refractivity contribution in [1.29, 1.82) is 0 Å². The molecule has 0 aliphatic heterocycles. The van der Waals surface area contributed by atoms with Crippen LogP contribution in [0.2, 0.25) is 0 Å². The van der Waals surface area contributed by atoms with Crippen LogP contribution >= 0.6 is 0 Å². The van der Waals surface area contributed by atoms with Crippen molar-refractivity contribution in [2.75, 3.05) is 13.2 Å². The molecule has 6 heteroatoms. The average molecular weight is 296 g/mol. The Bertz CT molecular complexity index is 548. The van der Waals surface area contributed by atoms with Gasteiger partial charge in [0.2, 0.25) is 10.0 Å². The van der Waals surface area contributed by atoms with Gasteiger partial charge in [0.25, 0.3) is 0 Å². The lowest BCUT2D eigenvalue weighted by atomic mass is 10.3. The number of hydrogen-bond acceptors (Lipinski definition) is 4. The van der Waals surface area contributed by atoms with E-state index in [1.54, 1.807) is 24.3 Å². The summed E-state index contributed by atoms with van der Waals surface area (Å²) in [6.45, 7) is 1.43. The molecule has 0 unspecified atom stereocenters. The quantitative estimate of drug-likeness (QED) is 0.709. The minimum Gasteiger partial charge on any atom is -0.492 e. The van der Waals surface area contributed by atoms with E-state index in [9.17, 15) is 8.42 Å². The first-order valence-electron chi connectivity index (χ1n) is 7.12. The van der Waals surface area contributed by atoms with E-state index in [0.29, 0.717) is 23.3 Å². The van der Waals surface area contributed by atoms with Gasteiger partial charge in [-0.3, -0.25) is 0 Å². The van der Waals surface area contributed by atoms with Crippen molar-refractivity contribution in [3.63, 3.8) is 0 Å². The molecule has 20 heavy (non-hydrogen) atoms. The van der Waals surface area contributed by atoms with E-state index in [1.165, 1.54) is 12.8 Å². The van der Waals surface area contributed by atoms with Gasteiger partial charge in [0.15, 0.2) is 0 Å². The standard InChI is InChI=1S/C14H20N2O3S/c17-20(18,16-12-3-4-12)14-7-5-13(6-8-14)19-10-9-15-11-1-2-11/h5-8,11-12,15-16H,1-4,9-10H2. The fourth-order valence-corrected chi connectivity index (χ4v) is 3.23. The van der Waals surface area contributed by atoms with E-state index in [1.807, 2.05) is 0 Å². The van der Waals surface area contributed by atoms with Gasteiger partial charge in [0, 0.05) is 18.6 Å². The van der Waals surface area contributed by atoms with Crippen molar-refractivity contribution in [1.82, 2.24) is 10.0 Å². The number of rotatable bonds is 8. The number of hydrogen-bond donors (Lipinski definition) is 2. The van der Waals surface area contributed by atoms with Crippen LogP contribution in [0.15, 0.2) is 29.2 Å². The number of sulfonamides is 1. The third-order valence-corrected chi connectivity index (χ3v) is 4.95. The first kappa shape index (κ1) is 13.9. The smallest absolute Gasteiger partial charge is 0.240 e. The minimum atomic E-state index is -3.36. The summed E-state index contributed by atoms with van der Waals surface area (Å²) in [5.74, 6) is 0.702. The highest BCUT2D eigenvalue weighted by Crippen LogP contribution is 2.23. The summed E-state index contributed by atoms with van der Waals surface area (Å²) in [5, 5.41) is 3.36. The summed E-state index contributed by atoms with van der Waals surface area (Å²) in [7, 11) is -3.36. The average Bonchev–Trinajstić information content (AvgIpc) is 3.30. The zero-order valence-corrected chi connectivity index (χ0v) is 12.2. The Morgan fingerprint density at radius 2 is 1.70 bits per heavy atom. The Kier molecular flexibility index (Phi) is 3.96. The summed E-state index contributed by atoms with van der Waals surface area (Å²) >= 11 is 0. The zero-order valence-electron chi connectivity index (χ0n) is 11.3. The van der Waals surface area contributed by atoms with Gasteiger partial charge in [-0.2, -0.15) is 0 Å². The van der Waals surface area contributed by atoms with Crippen molar-refractivity contribution in [3.05, 3.63) is 24.3 Å². The summed E-state index contributed by atoms with van der Waals surface area (Å²) in [6.07, 6.45) is 4.41. The molecule has 2 fully saturated rings. The minimum absolute atomic E-state index is 0.129. The molecule has 5 nitrogen and oxygen atoms in total. The molecule has 0 spiro atoms. The molecular weight excluding hydrogens is 276 g/mol. The van der Waals surface area contributed by atoms with Gasteiger partial charge in [-0.15, -0.1) is 0 Å². The Labute approximate surface area is 119 Å². The molecule has 1 aromatic rings. The highest BCUT2D eigenvalue weighted by atomic mass is 32.2. The van der Waals surface area contributed by atoms with Gasteiger partial charge in [-0.1, -0.05) is 0 Å². The highest BCUT2D eigenvalue weighted by Gasteiger charge is 2.27. The molecule has 2 N–H and O–H groups in total. The van der Waals surface area contributed by atoms with Gasteiger partial charge in [0.1, 0.15) is 12.4 Å². The van der Waals surface area contributed by atoms with E-state index in [-0.39, 0.29) is 6.04 Å². The van der Waals surface area contributed by atoms with Crippen LogP contribution in [-0.2, 0) is 10.0 Å².